The van der Waals surface area contributed by atoms with E-state index in [0.717, 1.165) is 19.3 Å². The molecule has 1 unspecified atom stereocenters. The second kappa shape index (κ2) is 10.4. The van der Waals surface area contributed by atoms with Crippen molar-refractivity contribution in [2.75, 3.05) is 25.5 Å². The number of benzene rings is 2. The molecule has 30 heavy (non-hydrogen) atoms. The zero-order valence-electron chi connectivity index (χ0n) is 16.9. The largest absolute Gasteiger partial charge is 0.494 e. The molecule has 7 heteroatoms. The Morgan fingerprint density at radius 2 is 2.00 bits per heavy atom. The quantitative estimate of drug-likeness (QED) is 0.705. The third kappa shape index (κ3) is 5.83. The molecule has 2 N–H and O–H groups in total. The summed E-state index contributed by atoms with van der Waals surface area (Å²) in [6, 6.07) is 13.3. The molecule has 1 saturated heterocycles. The number of hydrogen-bond donors (Lipinski definition) is 2. The molecule has 0 saturated carbocycles. The van der Waals surface area contributed by atoms with E-state index in [0.29, 0.717) is 24.3 Å². The second-order valence-corrected chi connectivity index (χ2v) is 7.11. The lowest BCUT2D eigenvalue weighted by Gasteiger charge is -2.35. The van der Waals surface area contributed by atoms with Crippen LogP contribution in [-0.2, 0) is 4.79 Å². The summed E-state index contributed by atoms with van der Waals surface area (Å²) in [5.74, 6) is -0.466. The average molecular weight is 411 g/mol. The lowest BCUT2D eigenvalue weighted by atomic mass is 10.0. The number of halogens is 1. The molecule has 3 rings (SSSR count). The summed E-state index contributed by atoms with van der Waals surface area (Å²) < 4.78 is 18.7. The Balaban J connectivity index is 1.57. The molecule has 158 valence electrons. The highest BCUT2D eigenvalue weighted by molar-refractivity contribution is 5.92. The van der Waals surface area contributed by atoms with E-state index in [4.69, 9.17) is 4.74 Å². The average Bonchev–Trinajstić information content (AvgIpc) is 2.77. The standard InChI is InChI=1S/C23H26FN3O3/c1-30-21-12-10-17(15-20(21)24)11-13-22(28)27-14-6-5-9-19(27)16-25-23(29)26-18-7-3-2-4-8-18/h2-4,7-8,10-13,15,19H,5-6,9,14,16H2,1H3,(H2,25,26,29)/b13-11+. The minimum Gasteiger partial charge on any atom is -0.494 e. The van der Waals surface area contributed by atoms with Gasteiger partial charge in [0.1, 0.15) is 0 Å². The Morgan fingerprint density at radius 3 is 2.73 bits per heavy atom. The van der Waals surface area contributed by atoms with Crippen LogP contribution in [-0.4, -0.2) is 43.1 Å². The number of carbonyl (C=O) groups is 2. The van der Waals surface area contributed by atoms with Crippen LogP contribution in [0.4, 0.5) is 14.9 Å². The third-order valence-corrected chi connectivity index (χ3v) is 5.03. The topological polar surface area (TPSA) is 70.7 Å². The minimum atomic E-state index is -0.475. The first kappa shape index (κ1) is 21.4. The van der Waals surface area contributed by atoms with Crippen LogP contribution in [0.1, 0.15) is 24.8 Å². The molecule has 1 aliphatic rings. The number of ether oxygens (including phenoxy) is 1. The van der Waals surface area contributed by atoms with E-state index < -0.39 is 5.82 Å². The number of urea groups is 1. The zero-order valence-corrected chi connectivity index (χ0v) is 16.9. The van der Waals surface area contributed by atoms with E-state index in [2.05, 4.69) is 10.6 Å². The summed E-state index contributed by atoms with van der Waals surface area (Å²) in [6.45, 7) is 1.00. The van der Waals surface area contributed by atoms with Crippen molar-refractivity contribution in [3.8, 4) is 5.75 Å². The van der Waals surface area contributed by atoms with Gasteiger partial charge in [-0.1, -0.05) is 24.3 Å². The SMILES string of the molecule is COc1ccc(/C=C/C(=O)N2CCCCC2CNC(=O)Nc2ccccc2)cc1F. The first-order valence-electron chi connectivity index (χ1n) is 9.99. The van der Waals surface area contributed by atoms with Gasteiger partial charge < -0.3 is 20.3 Å². The van der Waals surface area contributed by atoms with Crippen LogP contribution in [0.5, 0.6) is 5.75 Å². The summed E-state index contributed by atoms with van der Waals surface area (Å²) in [5, 5.41) is 5.62. The van der Waals surface area contributed by atoms with Crippen molar-refractivity contribution in [1.82, 2.24) is 10.2 Å². The maximum Gasteiger partial charge on any atom is 0.319 e. The van der Waals surface area contributed by atoms with Crippen LogP contribution in [0.15, 0.2) is 54.6 Å². The van der Waals surface area contributed by atoms with Crippen molar-refractivity contribution in [3.63, 3.8) is 0 Å². The maximum atomic E-state index is 13.8. The van der Waals surface area contributed by atoms with E-state index in [9.17, 15) is 14.0 Å². The predicted octanol–water partition coefficient (Wildman–Crippen LogP) is 4.05. The molecule has 6 nitrogen and oxygen atoms in total. The van der Waals surface area contributed by atoms with Crippen molar-refractivity contribution in [1.29, 1.82) is 0 Å². The number of amides is 3. The van der Waals surface area contributed by atoms with Crippen molar-refractivity contribution in [3.05, 3.63) is 66.0 Å². The van der Waals surface area contributed by atoms with Crippen LogP contribution in [0.25, 0.3) is 6.08 Å². The smallest absolute Gasteiger partial charge is 0.319 e. The lowest BCUT2D eigenvalue weighted by Crippen LogP contribution is -2.49. The van der Waals surface area contributed by atoms with Gasteiger partial charge in [0.05, 0.1) is 7.11 Å². The van der Waals surface area contributed by atoms with E-state index in [-0.39, 0.29) is 23.7 Å². The summed E-state index contributed by atoms with van der Waals surface area (Å²) in [7, 11) is 1.40. The molecule has 0 aromatic heterocycles. The van der Waals surface area contributed by atoms with E-state index in [1.165, 1.54) is 25.3 Å². The number of likely N-dealkylation sites (tertiary alicyclic amines) is 1. The fraction of sp³-hybridized carbons (Fsp3) is 0.304. The monoisotopic (exact) mass is 411 g/mol. The number of hydrogen-bond acceptors (Lipinski definition) is 3. The highest BCUT2D eigenvalue weighted by atomic mass is 19.1. The number of carbonyl (C=O) groups excluding carboxylic acids is 2. The predicted molar refractivity (Wildman–Crippen MR) is 115 cm³/mol. The lowest BCUT2D eigenvalue weighted by molar-refractivity contribution is -0.129. The van der Waals surface area contributed by atoms with E-state index in [1.807, 2.05) is 30.3 Å². The Bertz CT molecular complexity index is 902. The summed E-state index contributed by atoms with van der Waals surface area (Å²) in [6.07, 6.45) is 5.78. The molecule has 1 aliphatic heterocycles. The first-order valence-corrected chi connectivity index (χ1v) is 9.99. The number of piperidine rings is 1. The van der Waals surface area contributed by atoms with Crippen LogP contribution in [0.3, 0.4) is 0 Å². The number of nitrogens with zero attached hydrogens (tertiary/aromatic N) is 1. The van der Waals surface area contributed by atoms with Gasteiger partial charge in [0, 0.05) is 30.9 Å². The van der Waals surface area contributed by atoms with Crippen molar-refractivity contribution in [2.45, 2.75) is 25.3 Å². The molecule has 0 aliphatic carbocycles. The fourth-order valence-electron chi connectivity index (χ4n) is 3.46. The summed E-state index contributed by atoms with van der Waals surface area (Å²) >= 11 is 0. The van der Waals surface area contributed by atoms with Crippen molar-refractivity contribution >= 4 is 23.7 Å². The Morgan fingerprint density at radius 1 is 1.20 bits per heavy atom. The van der Waals surface area contributed by atoms with Gasteiger partial charge in [0.2, 0.25) is 5.91 Å². The van der Waals surface area contributed by atoms with E-state index in [1.54, 1.807) is 17.0 Å². The van der Waals surface area contributed by atoms with Crippen LogP contribution in [0.2, 0.25) is 0 Å². The number of methoxy groups -OCH3 is 1. The minimum absolute atomic E-state index is 0.0787. The van der Waals surface area contributed by atoms with Crippen LogP contribution in [0, 0.1) is 5.82 Å². The molecule has 0 radical (unpaired) electrons. The number of rotatable bonds is 6. The molecule has 1 fully saturated rings. The van der Waals surface area contributed by atoms with Crippen molar-refractivity contribution in [2.24, 2.45) is 0 Å². The number of para-hydroxylation sites is 1. The third-order valence-electron chi connectivity index (χ3n) is 5.03. The first-order chi connectivity index (χ1) is 14.6. The van der Waals surface area contributed by atoms with Gasteiger partial charge in [-0.2, -0.15) is 0 Å². The molecular weight excluding hydrogens is 385 g/mol. The normalized spacial score (nSPS) is 16.3. The van der Waals surface area contributed by atoms with Gasteiger partial charge in [-0.05, 0) is 55.2 Å². The molecule has 0 bridgehead atoms. The number of anilines is 1. The molecule has 2 aromatic rings. The zero-order chi connectivity index (χ0) is 21.3. The molecule has 2 aromatic carbocycles. The highest BCUT2D eigenvalue weighted by Crippen LogP contribution is 2.20. The van der Waals surface area contributed by atoms with Crippen LogP contribution >= 0.6 is 0 Å². The second-order valence-electron chi connectivity index (χ2n) is 7.11. The van der Waals surface area contributed by atoms with Crippen molar-refractivity contribution < 1.29 is 18.7 Å². The molecular formula is C23H26FN3O3. The number of nitrogens with one attached hydrogen (secondary N) is 2. The van der Waals surface area contributed by atoms with Gasteiger partial charge in [-0.3, -0.25) is 4.79 Å². The Labute approximate surface area is 175 Å². The maximum absolute atomic E-state index is 13.8. The molecule has 1 heterocycles. The van der Waals surface area contributed by atoms with Gasteiger partial charge in [-0.15, -0.1) is 0 Å². The highest BCUT2D eigenvalue weighted by Gasteiger charge is 2.25. The Kier molecular flexibility index (Phi) is 7.43. The molecule has 1 atom stereocenters. The molecule has 3 amide bonds. The Hall–Kier alpha value is -3.35. The van der Waals surface area contributed by atoms with Gasteiger partial charge in [-0.25, -0.2) is 9.18 Å². The fourth-order valence-corrected chi connectivity index (χ4v) is 3.46. The van der Waals surface area contributed by atoms with Crippen LogP contribution < -0.4 is 15.4 Å². The van der Waals surface area contributed by atoms with E-state index >= 15 is 0 Å². The summed E-state index contributed by atoms with van der Waals surface area (Å²) in [4.78, 5) is 26.6. The molecule has 0 spiro atoms. The summed E-state index contributed by atoms with van der Waals surface area (Å²) in [5.41, 5.74) is 1.29. The van der Waals surface area contributed by atoms with Gasteiger partial charge in [0.15, 0.2) is 11.6 Å². The van der Waals surface area contributed by atoms with Gasteiger partial charge in [0.25, 0.3) is 0 Å². The van der Waals surface area contributed by atoms with Gasteiger partial charge >= 0.3 is 6.03 Å².